The van der Waals surface area contributed by atoms with E-state index in [4.69, 9.17) is 9.47 Å². The highest BCUT2D eigenvalue weighted by atomic mass is 28.3. The maximum absolute atomic E-state index is 12.8. The Labute approximate surface area is 182 Å². The number of hydrogen-bond donors (Lipinski definition) is 1. The van der Waals surface area contributed by atoms with Crippen LogP contribution in [0.1, 0.15) is 26.3 Å². The van der Waals surface area contributed by atoms with Crippen molar-refractivity contribution in [3.8, 4) is 5.75 Å². The second kappa shape index (κ2) is 8.78. The Bertz CT molecular complexity index is 934. The summed E-state index contributed by atoms with van der Waals surface area (Å²) >= 11 is 0. The molecule has 31 heavy (non-hydrogen) atoms. The van der Waals surface area contributed by atoms with Gasteiger partial charge in [-0.05, 0) is 51.0 Å². The van der Waals surface area contributed by atoms with Gasteiger partial charge in [-0.15, -0.1) is 0 Å². The fourth-order valence-electron chi connectivity index (χ4n) is 3.88. The van der Waals surface area contributed by atoms with E-state index in [0.717, 1.165) is 21.8 Å². The molecule has 1 amide bonds. The van der Waals surface area contributed by atoms with E-state index in [1.165, 1.54) is 0 Å². The summed E-state index contributed by atoms with van der Waals surface area (Å²) in [5.74, 6) is 0.119. The molecule has 1 fully saturated rings. The summed E-state index contributed by atoms with van der Waals surface area (Å²) in [6, 6.07) is 4.75. The Balaban J connectivity index is 1.99. The number of aromatic amines is 1. The number of rotatable bonds is 5. The second-order valence-electron chi connectivity index (χ2n) is 9.92. The Kier molecular flexibility index (Phi) is 6.66. The van der Waals surface area contributed by atoms with Crippen molar-refractivity contribution in [2.75, 3.05) is 19.8 Å². The first-order valence-corrected chi connectivity index (χ1v) is 14.0. The summed E-state index contributed by atoms with van der Waals surface area (Å²) in [4.78, 5) is 18.0. The standard InChI is InChI=1S/C22H32F2N2O4Si/c1-22(2,3)30-21(27)26-9-10-28-13-14(26)11-17-16-12-15(29-20(23)24)7-8-18(16)25-19(17)31(4,5)6/h7-8,12,14,20,25H,9-11,13H2,1-6H3/t14-/m0/s1. The number of ether oxygens (including phenoxy) is 3. The van der Waals surface area contributed by atoms with E-state index in [1.807, 2.05) is 20.8 Å². The molecule has 0 bridgehead atoms. The van der Waals surface area contributed by atoms with Gasteiger partial charge in [0, 0.05) is 22.8 Å². The number of nitrogens with zero attached hydrogens (tertiary/aromatic N) is 1. The topological polar surface area (TPSA) is 63.8 Å². The predicted octanol–water partition coefficient (Wildman–Crippen LogP) is 4.49. The molecule has 1 aliphatic rings. The summed E-state index contributed by atoms with van der Waals surface area (Å²) < 4.78 is 41.4. The highest BCUT2D eigenvalue weighted by Gasteiger charge is 2.34. The molecule has 2 aromatic rings. The molecule has 0 radical (unpaired) electrons. The van der Waals surface area contributed by atoms with Crippen molar-refractivity contribution in [1.29, 1.82) is 0 Å². The summed E-state index contributed by atoms with van der Waals surface area (Å²) in [7, 11) is -1.80. The molecule has 1 aromatic heterocycles. The molecular formula is C22H32F2N2O4Si. The molecule has 0 saturated carbocycles. The van der Waals surface area contributed by atoms with Crippen LogP contribution in [0, 0.1) is 0 Å². The van der Waals surface area contributed by atoms with Crippen molar-refractivity contribution < 1.29 is 27.8 Å². The normalized spacial score (nSPS) is 18.0. The molecule has 9 heteroatoms. The number of carbonyl (C=O) groups excluding carboxylic acids is 1. The molecular weight excluding hydrogens is 422 g/mol. The number of fused-ring (bicyclic) bond motifs is 1. The summed E-state index contributed by atoms with van der Waals surface area (Å²) in [5, 5.41) is 1.97. The second-order valence-corrected chi connectivity index (χ2v) is 14.9. The fraction of sp³-hybridized carbons (Fsp3) is 0.591. The van der Waals surface area contributed by atoms with Gasteiger partial charge in [-0.25, -0.2) is 4.79 Å². The lowest BCUT2D eigenvalue weighted by Gasteiger charge is -2.37. The van der Waals surface area contributed by atoms with Crippen LogP contribution in [0.25, 0.3) is 10.9 Å². The minimum absolute atomic E-state index is 0.119. The molecule has 172 valence electrons. The van der Waals surface area contributed by atoms with Gasteiger partial charge in [0.25, 0.3) is 0 Å². The third-order valence-electron chi connectivity index (χ3n) is 5.15. The number of carbonyl (C=O) groups is 1. The Morgan fingerprint density at radius 1 is 1.32 bits per heavy atom. The monoisotopic (exact) mass is 454 g/mol. The first-order chi connectivity index (χ1) is 14.3. The van der Waals surface area contributed by atoms with Gasteiger partial charge in [0.05, 0.1) is 27.3 Å². The number of hydrogen-bond acceptors (Lipinski definition) is 4. The van der Waals surface area contributed by atoms with Crippen molar-refractivity contribution in [1.82, 2.24) is 9.88 Å². The number of benzene rings is 1. The number of H-pyrrole nitrogens is 1. The molecule has 1 aliphatic heterocycles. The summed E-state index contributed by atoms with van der Waals surface area (Å²) in [5.41, 5.74) is 1.30. The van der Waals surface area contributed by atoms with E-state index in [1.54, 1.807) is 23.1 Å². The van der Waals surface area contributed by atoms with E-state index in [2.05, 4.69) is 29.4 Å². The Hall–Kier alpha value is -2.13. The van der Waals surface area contributed by atoms with E-state index in [0.29, 0.717) is 26.2 Å². The van der Waals surface area contributed by atoms with Gasteiger partial charge >= 0.3 is 12.7 Å². The average molecular weight is 455 g/mol. The SMILES string of the molecule is CC(C)(C)OC(=O)N1CCOC[C@@H]1Cc1c([Si](C)(C)C)[nH]c2ccc(OC(F)F)cc12. The quantitative estimate of drug-likeness (QED) is 0.676. The highest BCUT2D eigenvalue weighted by molar-refractivity contribution is 6.88. The number of morpholine rings is 1. The van der Waals surface area contributed by atoms with Crippen molar-refractivity contribution in [3.63, 3.8) is 0 Å². The van der Waals surface area contributed by atoms with Crippen molar-refractivity contribution >= 4 is 30.4 Å². The lowest BCUT2D eigenvalue weighted by Crippen LogP contribution is -2.52. The minimum Gasteiger partial charge on any atom is -0.444 e. The number of alkyl halides is 2. The number of amides is 1. The number of nitrogens with one attached hydrogen (secondary N) is 1. The number of halogens is 2. The molecule has 1 saturated heterocycles. The van der Waals surface area contributed by atoms with Crippen LogP contribution < -0.4 is 10.1 Å². The molecule has 1 N–H and O–H groups in total. The fourth-order valence-corrected chi connectivity index (χ4v) is 5.53. The van der Waals surface area contributed by atoms with Gasteiger partial charge in [-0.2, -0.15) is 8.78 Å². The zero-order valence-corrected chi connectivity index (χ0v) is 20.1. The van der Waals surface area contributed by atoms with Crippen molar-refractivity contribution in [3.05, 3.63) is 23.8 Å². The van der Waals surface area contributed by atoms with E-state index >= 15 is 0 Å². The van der Waals surface area contributed by atoms with Gasteiger partial charge in [-0.1, -0.05) is 19.6 Å². The molecule has 1 atom stereocenters. The summed E-state index contributed by atoms with van der Waals surface area (Å²) in [6.45, 7) is 10.6. The Morgan fingerprint density at radius 2 is 2.03 bits per heavy atom. The maximum Gasteiger partial charge on any atom is 0.410 e. The third-order valence-corrected chi connectivity index (χ3v) is 7.07. The van der Waals surface area contributed by atoms with Crippen LogP contribution in [0.15, 0.2) is 18.2 Å². The molecule has 3 rings (SSSR count). The van der Waals surface area contributed by atoms with Gasteiger partial charge < -0.3 is 24.1 Å². The van der Waals surface area contributed by atoms with Crippen LogP contribution in [-0.2, 0) is 15.9 Å². The van der Waals surface area contributed by atoms with E-state index < -0.39 is 20.3 Å². The van der Waals surface area contributed by atoms with E-state index in [-0.39, 0.29) is 17.9 Å². The van der Waals surface area contributed by atoms with Crippen LogP contribution >= 0.6 is 0 Å². The van der Waals surface area contributed by atoms with Crippen molar-refractivity contribution in [2.24, 2.45) is 0 Å². The van der Waals surface area contributed by atoms with Gasteiger partial charge in [0.2, 0.25) is 0 Å². The predicted molar refractivity (Wildman–Crippen MR) is 119 cm³/mol. The zero-order valence-electron chi connectivity index (χ0n) is 19.1. The van der Waals surface area contributed by atoms with Gasteiger partial charge in [-0.3, -0.25) is 0 Å². The van der Waals surface area contributed by atoms with Crippen LogP contribution in [0.2, 0.25) is 19.6 Å². The van der Waals surface area contributed by atoms with E-state index in [9.17, 15) is 13.6 Å². The first kappa shape index (κ1) is 23.5. The zero-order chi connectivity index (χ0) is 23.0. The van der Waals surface area contributed by atoms with Crippen LogP contribution in [-0.4, -0.2) is 62.1 Å². The van der Waals surface area contributed by atoms with Gasteiger partial charge in [0.1, 0.15) is 11.4 Å². The largest absolute Gasteiger partial charge is 0.444 e. The highest BCUT2D eigenvalue weighted by Crippen LogP contribution is 2.28. The molecule has 6 nitrogen and oxygen atoms in total. The first-order valence-electron chi connectivity index (χ1n) is 10.5. The van der Waals surface area contributed by atoms with Crippen LogP contribution in [0.3, 0.4) is 0 Å². The molecule has 2 heterocycles. The molecule has 0 aliphatic carbocycles. The minimum atomic E-state index is -2.88. The third kappa shape index (κ3) is 5.77. The van der Waals surface area contributed by atoms with Gasteiger partial charge in [0.15, 0.2) is 0 Å². The maximum atomic E-state index is 12.8. The molecule has 0 unspecified atom stereocenters. The Morgan fingerprint density at radius 3 is 2.65 bits per heavy atom. The smallest absolute Gasteiger partial charge is 0.410 e. The lowest BCUT2D eigenvalue weighted by molar-refractivity contribution is -0.0497. The molecule has 1 aromatic carbocycles. The van der Waals surface area contributed by atoms with Crippen LogP contribution in [0.4, 0.5) is 13.6 Å². The lowest BCUT2D eigenvalue weighted by atomic mass is 10.0. The molecule has 0 spiro atoms. The van der Waals surface area contributed by atoms with Crippen molar-refractivity contribution in [2.45, 2.75) is 65.1 Å². The average Bonchev–Trinajstić information content (AvgIpc) is 2.98. The number of aromatic nitrogens is 1. The van der Waals surface area contributed by atoms with Crippen LogP contribution in [0.5, 0.6) is 5.75 Å². The summed E-state index contributed by atoms with van der Waals surface area (Å²) in [6.07, 6.45) is 0.175.